The second-order valence-corrected chi connectivity index (χ2v) is 4.53. The van der Waals surface area contributed by atoms with Crippen LogP contribution in [0.2, 0.25) is 0 Å². The molecule has 0 saturated carbocycles. The molecule has 2 heterocycles. The number of nitrogens with zero attached hydrogens (tertiary/aromatic N) is 2. The highest BCUT2D eigenvalue weighted by Gasteiger charge is 2.07. The smallest absolute Gasteiger partial charge is 0.0906 e. The summed E-state index contributed by atoms with van der Waals surface area (Å²) in [6.45, 7) is 0.686. The van der Waals surface area contributed by atoms with Gasteiger partial charge in [0.25, 0.3) is 0 Å². The molecule has 0 aliphatic rings. The first-order chi connectivity index (χ1) is 9.38. The van der Waals surface area contributed by atoms with Crippen molar-refractivity contribution >= 4 is 10.9 Å². The zero-order valence-corrected chi connectivity index (χ0v) is 10.6. The van der Waals surface area contributed by atoms with Crippen molar-refractivity contribution in [3.8, 4) is 11.3 Å². The highest BCUT2D eigenvalue weighted by molar-refractivity contribution is 5.94. The number of fused-ring (bicyclic) bond motifs is 1. The fourth-order valence-corrected chi connectivity index (χ4v) is 2.19. The maximum Gasteiger partial charge on any atom is 0.0906 e. The highest BCUT2D eigenvalue weighted by atomic mass is 14.8. The molecule has 0 radical (unpaired) electrons. The van der Waals surface area contributed by atoms with E-state index in [1.54, 1.807) is 0 Å². The van der Waals surface area contributed by atoms with Crippen LogP contribution >= 0.6 is 0 Å². The van der Waals surface area contributed by atoms with E-state index in [2.05, 4.69) is 27.1 Å². The van der Waals surface area contributed by atoms with E-state index in [-0.39, 0.29) is 0 Å². The summed E-state index contributed by atoms with van der Waals surface area (Å²) < 4.78 is 0. The van der Waals surface area contributed by atoms with Gasteiger partial charge in [-0.2, -0.15) is 0 Å². The van der Waals surface area contributed by atoms with Crippen LogP contribution in [-0.2, 0) is 6.42 Å². The number of benzene rings is 1. The first-order valence-electron chi connectivity index (χ1n) is 6.46. The molecule has 0 aliphatic carbocycles. The van der Waals surface area contributed by atoms with Gasteiger partial charge >= 0.3 is 0 Å². The average molecular weight is 252 g/mol. The first-order valence-corrected chi connectivity index (χ1v) is 6.46. The van der Waals surface area contributed by atoms with Gasteiger partial charge in [0.15, 0.2) is 0 Å². The van der Waals surface area contributed by atoms with Gasteiger partial charge in [-0.25, -0.2) is 0 Å². The molecule has 4 nitrogen and oxygen atoms in total. The third-order valence-corrected chi connectivity index (χ3v) is 3.21. The molecule has 0 saturated heterocycles. The van der Waals surface area contributed by atoms with Gasteiger partial charge in [0.2, 0.25) is 0 Å². The normalized spacial score (nSPS) is 11.0. The molecule has 2 aromatic heterocycles. The van der Waals surface area contributed by atoms with E-state index in [9.17, 15) is 0 Å². The lowest BCUT2D eigenvalue weighted by molar-refractivity contribution is 0.805. The number of rotatable bonds is 4. The van der Waals surface area contributed by atoms with Crippen LogP contribution in [0, 0.1) is 0 Å². The molecular weight excluding hydrogens is 236 g/mol. The van der Waals surface area contributed by atoms with Crippen LogP contribution in [0.3, 0.4) is 0 Å². The van der Waals surface area contributed by atoms with Crippen molar-refractivity contribution in [2.45, 2.75) is 12.8 Å². The number of hydrogen-bond donors (Lipinski definition) is 2. The van der Waals surface area contributed by atoms with E-state index in [0.717, 1.165) is 35.3 Å². The number of para-hydroxylation sites is 1. The Morgan fingerprint density at radius 3 is 2.79 bits per heavy atom. The van der Waals surface area contributed by atoms with Crippen LogP contribution in [-0.4, -0.2) is 21.5 Å². The number of H-pyrrole nitrogens is 1. The molecule has 0 fully saturated rings. The Balaban J connectivity index is 1.93. The Morgan fingerprint density at radius 1 is 1.11 bits per heavy atom. The Bertz CT molecular complexity index is 670. The molecule has 3 rings (SSSR count). The maximum atomic E-state index is 5.49. The first kappa shape index (κ1) is 11.9. The number of nitrogens with two attached hydrogens (primary N) is 1. The van der Waals surface area contributed by atoms with Crippen LogP contribution in [0.1, 0.15) is 12.1 Å². The number of aromatic nitrogens is 3. The Hall–Kier alpha value is -2.20. The number of hydrogen-bond acceptors (Lipinski definition) is 3. The van der Waals surface area contributed by atoms with Crippen LogP contribution in [0.5, 0.6) is 0 Å². The molecule has 3 N–H and O–H groups in total. The van der Waals surface area contributed by atoms with Crippen LogP contribution in [0.4, 0.5) is 0 Å². The molecule has 1 aromatic carbocycles. The molecule has 4 heteroatoms. The van der Waals surface area contributed by atoms with Gasteiger partial charge in [0.1, 0.15) is 0 Å². The average Bonchev–Trinajstić information content (AvgIpc) is 2.90. The number of aromatic amines is 1. The van der Waals surface area contributed by atoms with Gasteiger partial charge in [-0.05, 0) is 25.5 Å². The Kier molecular flexibility index (Phi) is 3.25. The summed E-state index contributed by atoms with van der Waals surface area (Å²) >= 11 is 0. The monoisotopic (exact) mass is 252 g/mol. The van der Waals surface area contributed by atoms with Crippen molar-refractivity contribution in [2.24, 2.45) is 5.73 Å². The quantitative estimate of drug-likeness (QED) is 0.749. The van der Waals surface area contributed by atoms with Crippen LogP contribution < -0.4 is 5.73 Å². The van der Waals surface area contributed by atoms with Crippen LogP contribution in [0.25, 0.3) is 22.2 Å². The Morgan fingerprint density at radius 2 is 2.00 bits per heavy atom. The minimum absolute atomic E-state index is 0.686. The van der Waals surface area contributed by atoms with Crippen molar-refractivity contribution in [3.63, 3.8) is 0 Å². The molecule has 0 aliphatic heterocycles. The van der Waals surface area contributed by atoms with E-state index >= 15 is 0 Å². The molecule has 0 amide bonds. The van der Waals surface area contributed by atoms with Gasteiger partial charge in [-0.1, -0.05) is 18.2 Å². The van der Waals surface area contributed by atoms with Gasteiger partial charge in [-0.15, -0.1) is 0 Å². The lowest BCUT2D eigenvalue weighted by atomic mass is 10.1. The largest absolute Gasteiger partial charge is 0.360 e. The van der Waals surface area contributed by atoms with Gasteiger partial charge in [0, 0.05) is 28.9 Å². The molecular formula is C15H16N4. The lowest BCUT2D eigenvalue weighted by Crippen LogP contribution is -2.02. The minimum atomic E-state index is 0.686. The molecule has 19 heavy (non-hydrogen) atoms. The second kappa shape index (κ2) is 5.20. The molecule has 0 spiro atoms. The van der Waals surface area contributed by atoms with E-state index in [1.807, 2.05) is 30.7 Å². The molecule has 96 valence electrons. The third-order valence-electron chi connectivity index (χ3n) is 3.21. The van der Waals surface area contributed by atoms with Crippen molar-refractivity contribution in [1.29, 1.82) is 0 Å². The summed E-state index contributed by atoms with van der Waals surface area (Å²) in [4.78, 5) is 12.2. The lowest BCUT2D eigenvalue weighted by Gasteiger charge is -2.01. The van der Waals surface area contributed by atoms with Crippen molar-refractivity contribution in [3.05, 3.63) is 48.5 Å². The topological polar surface area (TPSA) is 67.6 Å². The summed E-state index contributed by atoms with van der Waals surface area (Å²) in [5.41, 5.74) is 9.59. The Labute approximate surface area is 111 Å². The summed E-state index contributed by atoms with van der Waals surface area (Å²) in [6, 6.07) is 8.19. The van der Waals surface area contributed by atoms with Gasteiger partial charge < -0.3 is 10.7 Å². The predicted octanol–water partition coefficient (Wildman–Crippen LogP) is 2.52. The molecule has 0 bridgehead atoms. The highest BCUT2D eigenvalue weighted by Crippen LogP contribution is 2.26. The SMILES string of the molecule is NCCCc1cnc(-c2c[nH]c3ccccc23)cn1. The minimum Gasteiger partial charge on any atom is -0.360 e. The zero-order chi connectivity index (χ0) is 13.1. The van der Waals surface area contributed by atoms with Crippen molar-refractivity contribution < 1.29 is 0 Å². The van der Waals surface area contributed by atoms with E-state index in [0.29, 0.717) is 6.54 Å². The standard InChI is InChI=1S/C15H16N4/c16-7-3-4-11-8-18-15(10-17-11)13-9-19-14-6-2-1-5-12(13)14/h1-2,5-6,8-10,19H,3-4,7,16H2. The predicted molar refractivity (Wildman–Crippen MR) is 76.7 cm³/mol. The summed E-state index contributed by atoms with van der Waals surface area (Å²) in [5.74, 6) is 0. The van der Waals surface area contributed by atoms with Crippen molar-refractivity contribution in [2.75, 3.05) is 6.54 Å². The second-order valence-electron chi connectivity index (χ2n) is 4.53. The zero-order valence-electron chi connectivity index (χ0n) is 10.6. The summed E-state index contributed by atoms with van der Waals surface area (Å²) in [5, 5.41) is 1.17. The summed E-state index contributed by atoms with van der Waals surface area (Å²) in [6.07, 6.45) is 7.49. The van der Waals surface area contributed by atoms with E-state index < -0.39 is 0 Å². The van der Waals surface area contributed by atoms with Gasteiger partial charge in [0.05, 0.1) is 17.6 Å². The fourth-order valence-electron chi connectivity index (χ4n) is 2.19. The summed E-state index contributed by atoms with van der Waals surface area (Å²) in [7, 11) is 0. The molecule has 0 atom stereocenters. The number of nitrogens with one attached hydrogen (secondary N) is 1. The van der Waals surface area contributed by atoms with Gasteiger partial charge in [-0.3, -0.25) is 9.97 Å². The van der Waals surface area contributed by atoms with Crippen molar-refractivity contribution in [1.82, 2.24) is 15.0 Å². The van der Waals surface area contributed by atoms with Crippen LogP contribution in [0.15, 0.2) is 42.9 Å². The fraction of sp³-hybridized carbons (Fsp3) is 0.200. The van der Waals surface area contributed by atoms with E-state index in [4.69, 9.17) is 5.73 Å². The molecule has 0 unspecified atom stereocenters. The number of aryl methyl sites for hydroxylation is 1. The maximum absolute atomic E-state index is 5.49. The molecule has 3 aromatic rings. The third kappa shape index (κ3) is 2.35. The van der Waals surface area contributed by atoms with E-state index in [1.165, 1.54) is 5.39 Å².